The molecule has 0 spiro atoms. The topological polar surface area (TPSA) is 117 Å². The average Bonchev–Trinajstić information content (AvgIpc) is 1.38. The predicted molar refractivity (Wildman–Crippen MR) is 452 cm³/mol. The first-order valence-corrected chi connectivity index (χ1v) is 37.7. The Bertz CT molecular complexity index is 7790. The van der Waals surface area contributed by atoms with Gasteiger partial charge in [0, 0.05) is 85.9 Å². The van der Waals surface area contributed by atoms with Crippen molar-refractivity contribution in [1.82, 2.24) is 29.9 Å². The average molecular weight is 1420 g/mol. The van der Waals surface area contributed by atoms with E-state index in [9.17, 15) is 0 Å². The van der Waals surface area contributed by atoms with E-state index in [0.29, 0.717) is 34.9 Å². The van der Waals surface area contributed by atoms with E-state index in [0.717, 1.165) is 181 Å². The molecule has 23 aromatic rings. The maximum Gasteiger partial charge on any atom is 0.165 e. The van der Waals surface area contributed by atoms with Crippen LogP contribution < -0.4 is 0 Å². The largest absolute Gasteiger partial charge is 0.456 e. The van der Waals surface area contributed by atoms with Crippen molar-refractivity contribution in [3.05, 3.63) is 340 Å². The van der Waals surface area contributed by atoms with Crippen LogP contribution in [-0.2, 0) is 0 Å². The Kier molecular flexibility index (Phi) is 13.7. The summed E-state index contributed by atoms with van der Waals surface area (Å²) in [5.41, 5.74) is 18.7. The van der Waals surface area contributed by atoms with Gasteiger partial charge in [0.1, 0.15) is 33.5 Å². The van der Waals surface area contributed by atoms with E-state index in [-0.39, 0.29) is 0 Å². The molecule has 0 aliphatic heterocycles. The molecular weight excluding hydrogens is 1370 g/mol. The molecule has 10 heteroatoms. The fraction of sp³-hybridized carbons (Fsp3) is 0. The Hall–Kier alpha value is -14.6. The Morgan fingerprint density at radius 3 is 1.46 bits per heavy atom. The molecule has 0 saturated heterocycles. The summed E-state index contributed by atoms with van der Waals surface area (Å²) in [6, 6.07) is 120. The number of thiophene rings is 1. The highest BCUT2D eigenvalue weighted by atomic mass is 32.1. The molecule has 0 amide bonds. The minimum atomic E-state index is 0.551. The molecule has 6 aromatic heterocycles. The van der Waals surface area contributed by atoms with Crippen molar-refractivity contribution in [3.8, 4) is 113 Å². The molecule has 0 fully saturated rings. The van der Waals surface area contributed by atoms with Crippen LogP contribution in [0.4, 0.5) is 0 Å². The van der Waals surface area contributed by atoms with E-state index in [1.54, 1.807) is 0 Å². The number of furan rings is 3. The molecule has 0 saturated carbocycles. The molecule has 0 atom stereocenters. The number of nitrogens with zero attached hydrogens (tertiary/aromatic N) is 6. The van der Waals surface area contributed by atoms with Crippen LogP contribution in [-0.4, -0.2) is 29.9 Å². The van der Waals surface area contributed by atoms with Gasteiger partial charge >= 0.3 is 0 Å². The van der Waals surface area contributed by atoms with E-state index in [1.165, 1.54) is 25.6 Å². The van der Waals surface area contributed by atoms with Crippen LogP contribution in [0.3, 0.4) is 0 Å². The van der Waals surface area contributed by atoms with Crippen molar-refractivity contribution in [2.45, 2.75) is 0 Å². The van der Waals surface area contributed by atoms with Crippen LogP contribution in [0.5, 0.6) is 0 Å². The van der Waals surface area contributed by atoms with Crippen LogP contribution in [0.2, 0.25) is 0 Å². The monoisotopic (exact) mass is 1420 g/mol. The lowest BCUT2D eigenvalue weighted by Gasteiger charge is -2.15. The van der Waals surface area contributed by atoms with Crippen LogP contribution >= 0.6 is 11.3 Å². The zero-order chi connectivity index (χ0) is 72.1. The normalized spacial score (nSPS) is 12.0. The molecule has 510 valence electrons. The Morgan fingerprint density at radius 1 is 0.182 bits per heavy atom. The van der Waals surface area contributed by atoms with Gasteiger partial charge in [-0.3, -0.25) is 0 Å². The van der Waals surface area contributed by atoms with E-state index in [1.807, 2.05) is 65.9 Å². The zero-order valence-electron chi connectivity index (χ0n) is 58.6. The second-order valence-corrected chi connectivity index (χ2v) is 29.4. The van der Waals surface area contributed by atoms with Gasteiger partial charge in [-0.1, -0.05) is 255 Å². The van der Waals surface area contributed by atoms with Crippen molar-refractivity contribution in [2.24, 2.45) is 0 Å². The predicted octanol–water partition coefficient (Wildman–Crippen LogP) is 27.4. The molecule has 0 aliphatic rings. The van der Waals surface area contributed by atoms with E-state index in [2.05, 4.69) is 285 Å². The number of benzene rings is 17. The summed E-state index contributed by atoms with van der Waals surface area (Å²) in [4.78, 5) is 32.2. The molecule has 9 nitrogen and oxygen atoms in total. The third kappa shape index (κ3) is 10.0. The summed E-state index contributed by atoms with van der Waals surface area (Å²) in [6.07, 6.45) is 0. The highest BCUT2D eigenvalue weighted by molar-refractivity contribution is 7.25. The van der Waals surface area contributed by atoms with Gasteiger partial charge in [-0.25, -0.2) is 29.9 Å². The van der Waals surface area contributed by atoms with E-state index >= 15 is 0 Å². The maximum atomic E-state index is 6.80. The van der Waals surface area contributed by atoms with Gasteiger partial charge < -0.3 is 13.3 Å². The standard InChI is InChI=1S/C100H56N6O3S/c1-3-17-57(18-4-1)59-33-36-61(37-34-59)96-101-97(69-38-35-58-19-7-8-22-62(58)52-69)104-98(102-96)78-29-16-32-85-93(78)91-71(28-15-31-84(91)109-85)67-41-47-83-81(55-67)90-72-44-39-63(51-66(72)42-48-86(90)108-83)64-40-45-76-79-53-68(43-50-88(79)110-89(76)56-64)73-46-49-87-92(77-27-13-14-30-82(77)107-87)94(73)100-105-95(60-20-5-2-6-21-60)103-99(106-100)80-54-65-23-9-10-24-70(65)74-25-11-12-26-75(74)80/h1-56H. The lowest BCUT2D eigenvalue weighted by Crippen LogP contribution is -2.02. The van der Waals surface area contributed by atoms with Crippen LogP contribution in [0.1, 0.15) is 0 Å². The van der Waals surface area contributed by atoms with E-state index in [4.69, 9.17) is 43.2 Å². The lowest BCUT2D eigenvalue weighted by atomic mass is 9.93. The molecule has 23 rings (SSSR count). The second kappa shape index (κ2) is 24.5. The minimum Gasteiger partial charge on any atom is -0.456 e. The van der Waals surface area contributed by atoms with Crippen LogP contribution in [0, 0.1) is 0 Å². The Morgan fingerprint density at radius 2 is 0.655 bits per heavy atom. The molecule has 0 N–H and O–H groups in total. The Balaban J connectivity index is 0.617. The molecule has 110 heavy (non-hydrogen) atoms. The number of hydrogen-bond donors (Lipinski definition) is 0. The molecule has 0 aliphatic carbocycles. The first-order chi connectivity index (χ1) is 54.4. The number of hydrogen-bond acceptors (Lipinski definition) is 10. The fourth-order valence-corrected chi connectivity index (χ4v) is 17.9. The molecule has 6 heterocycles. The second-order valence-electron chi connectivity index (χ2n) is 28.3. The smallest absolute Gasteiger partial charge is 0.165 e. The van der Waals surface area contributed by atoms with Crippen LogP contribution in [0.25, 0.3) is 242 Å². The third-order valence-corrected chi connectivity index (χ3v) is 23.1. The van der Waals surface area contributed by atoms with Crippen molar-refractivity contribution < 1.29 is 13.3 Å². The summed E-state index contributed by atoms with van der Waals surface area (Å²) in [5, 5.41) is 17.3. The highest BCUT2D eigenvalue weighted by Crippen LogP contribution is 2.49. The van der Waals surface area contributed by atoms with Gasteiger partial charge in [0.15, 0.2) is 34.9 Å². The molecule has 0 bridgehead atoms. The number of para-hydroxylation sites is 1. The summed E-state index contributed by atoms with van der Waals surface area (Å²) >= 11 is 1.81. The molecule has 0 unspecified atom stereocenters. The quantitative estimate of drug-likeness (QED) is 0.123. The number of fused-ring (bicyclic) bond motifs is 18. The van der Waals surface area contributed by atoms with Crippen LogP contribution in [0.15, 0.2) is 353 Å². The van der Waals surface area contributed by atoms with Crippen molar-refractivity contribution >= 4 is 140 Å². The van der Waals surface area contributed by atoms with Crippen molar-refractivity contribution in [3.63, 3.8) is 0 Å². The number of rotatable bonds is 10. The third-order valence-electron chi connectivity index (χ3n) is 22.0. The minimum absolute atomic E-state index is 0.551. The first-order valence-electron chi connectivity index (χ1n) is 36.8. The molecule has 0 radical (unpaired) electrons. The summed E-state index contributed by atoms with van der Waals surface area (Å²) in [5.74, 6) is 3.46. The maximum absolute atomic E-state index is 6.80. The van der Waals surface area contributed by atoms with Gasteiger partial charge in [0.2, 0.25) is 0 Å². The molecular formula is C100H56N6O3S. The fourth-order valence-electron chi connectivity index (χ4n) is 16.7. The first kappa shape index (κ1) is 61.7. The van der Waals surface area contributed by atoms with Gasteiger partial charge in [-0.15, -0.1) is 11.3 Å². The number of aromatic nitrogens is 6. The summed E-state index contributed by atoms with van der Waals surface area (Å²) < 4.78 is 22.6. The van der Waals surface area contributed by atoms with E-state index < -0.39 is 0 Å². The molecule has 17 aromatic carbocycles. The zero-order valence-corrected chi connectivity index (χ0v) is 59.5. The van der Waals surface area contributed by atoms with Gasteiger partial charge in [0.25, 0.3) is 0 Å². The summed E-state index contributed by atoms with van der Waals surface area (Å²) in [6.45, 7) is 0. The lowest BCUT2D eigenvalue weighted by molar-refractivity contribution is 0.668. The van der Waals surface area contributed by atoms with Crippen molar-refractivity contribution in [1.29, 1.82) is 0 Å². The highest BCUT2D eigenvalue weighted by Gasteiger charge is 2.26. The van der Waals surface area contributed by atoms with Gasteiger partial charge in [-0.05, 0) is 173 Å². The van der Waals surface area contributed by atoms with Gasteiger partial charge in [0.05, 0.1) is 0 Å². The van der Waals surface area contributed by atoms with Crippen molar-refractivity contribution in [2.75, 3.05) is 0 Å². The van der Waals surface area contributed by atoms with Gasteiger partial charge in [-0.2, -0.15) is 0 Å². The summed E-state index contributed by atoms with van der Waals surface area (Å²) in [7, 11) is 0. The Labute approximate surface area is 632 Å². The SMILES string of the molecule is c1ccc(-c2ccc(-c3nc(-c4ccc5ccccc5c4)nc(-c4cccc5oc6cccc(-c7ccc8oc9ccc%10cc(-c%11ccc%12c(c%11)sc%11ccc(-c%13ccc%14oc%15ccccc%15c%14c%13-c%13nc(-c%14ccccc%14)nc(-c%14cc%15ccccc%15c%15ccccc%14%15)n%13)cc%11%12)ccc%10c9c8c7)c6c45)n3)cc2)cc1.